The fraction of sp³-hybridized carbons (Fsp3) is 0.579. The quantitative estimate of drug-likeness (QED) is 0.744. The molecule has 0 bridgehead atoms. The van der Waals surface area contributed by atoms with E-state index in [0.717, 1.165) is 28.6 Å². The van der Waals surface area contributed by atoms with Crippen molar-refractivity contribution in [2.24, 2.45) is 28.8 Å². The van der Waals surface area contributed by atoms with Crippen LogP contribution in [0, 0.1) is 23.7 Å². The van der Waals surface area contributed by atoms with Crippen LogP contribution in [0.1, 0.15) is 55.3 Å². The number of benzene rings is 1. The first-order chi connectivity index (χ1) is 11.3. The molecule has 3 nitrogen and oxygen atoms in total. The second-order valence-corrected chi connectivity index (χ2v) is 8.07. The zero-order valence-corrected chi connectivity index (χ0v) is 14.9. The summed E-state index contributed by atoms with van der Waals surface area (Å²) in [4.78, 5) is 12.3. The maximum Gasteiger partial charge on any atom is 0.272 e. The third-order valence-corrected chi connectivity index (χ3v) is 6.83. The first kappa shape index (κ1) is 15.4. The van der Waals surface area contributed by atoms with Gasteiger partial charge in [-0.15, -0.1) is 0 Å². The van der Waals surface area contributed by atoms with Crippen molar-refractivity contribution in [3.05, 3.63) is 34.3 Å². The highest BCUT2D eigenvalue weighted by atomic mass is 79.9. The molecule has 1 aromatic rings. The highest BCUT2D eigenvalue weighted by Crippen LogP contribution is 2.58. The molecule has 0 spiro atoms. The van der Waals surface area contributed by atoms with Crippen LogP contribution in [0.5, 0.6) is 0 Å². The van der Waals surface area contributed by atoms with E-state index in [-0.39, 0.29) is 5.91 Å². The van der Waals surface area contributed by atoms with E-state index in [4.69, 9.17) is 0 Å². The average Bonchev–Trinajstić information content (AvgIpc) is 2.78. The number of fused-ring (bicyclic) bond motifs is 4. The number of hydrazone groups is 1. The van der Waals surface area contributed by atoms with Gasteiger partial charge in [-0.2, -0.15) is 5.10 Å². The van der Waals surface area contributed by atoms with Crippen LogP contribution >= 0.6 is 15.9 Å². The normalized spacial score (nSPS) is 34.2. The molecule has 4 atom stereocenters. The van der Waals surface area contributed by atoms with Crippen molar-refractivity contribution in [3.8, 4) is 0 Å². The molecule has 4 heteroatoms. The Morgan fingerprint density at radius 3 is 2.61 bits per heavy atom. The van der Waals surface area contributed by atoms with Gasteiger partial charge in [0.05, 0.1) is 5.56 Å². The minimum atomic E-state index is -0.120. The molecule has 0 saturated heterocycles. The SMILES string of the molecule is O=C(N/N=C1\CC[C@H]2[C@H]3CCCCC[C@@H]3[C@@H]12)c1ccccc1Br. The van der Waals surface area contributed by atoms with Crippen LogP contribution in [0.3, 0.4) is 0 Å². The van der Waals surface area contributed by atoms with E-state index in [2.05, 4.69) is 26.5 Å². The van der Waals surface area contributed by atoms with Crippen LogP contribution in [0.25, 0.3) is 0 Å². The number of carbonyl (C=O) groups excluding carboxylic acids is 1. The first-order valence-corrected chi connectivity index (χ1v) is 9.66. The van der Waals surface area contributed by atoms with Gasteiger partial charge in [-0.05, 0) is 71.5 Å². The summed E-state index contributed by atoms with van der Waals surface area (Å²) in [5.74, 6) is 3.15. The molecule has 1 amide bonds. The van der Waals surface area contributed by atoms with Crippen LogP contribution in [0.15, 0.2) is 33.8 Å². The van der Waals surface area contributed by atoms with Gasteiger partial charge in [-0.25, -0.2) is 5.43 Å². The van der Waals surface area contributed by atoms with Crippen molar-refractivity contribution >= 4 is 27.5 Å². The van der Waals surface area contributed by atoms with Crippen LogP contribution in [0.4, 0.5) is 0 Å². The second-order valence-electron chi connectivity index (χ2n) is 7.22. The molecule has 3 aliphatic rings. The summed E-state index contributed by atoms with van der Waals surface area (Å²) in [6.45, 7) is 0. The topological polar surface area (TPSA) is 41.5 Å². The minimum Gasteiger partial charge on any atom is -0.267 e. The molecule has 1 N–H and O–H groups in total. The molecule has 0 aromatic heterocycles. The molecule has 3 aliphatic carbocycles. The molecule has 0 heterocycles. The Balaban J connectivity index is 1.45. The monoisotopic (exact) mass is 374 g/mol. The lowest BCUT2D eigenvalue weighted by Crippen LogP contribution is -2.46. The summed E-state index contributed by atoms with van der Waals surface area (Å²) in [5.41, 5.74) is 4.69. The lowest BCUT2D eigenvalue weighted by Gasteiger charge is -2.48. The molecule has 122 valence electrons. The van der Waals surface area contributed by atoms with Crippen molar-refractivity contribution < 1.29 is 4.79 Å². The number of amides is 1. The van der Waals surface area contributed by atoms with Crippen LogP contribution in [0.2, 0.25) is 0 Å². The Morgan fingerprint density at radius 2 is 1.78 bits per heavy atom. The zero-order valence-electron chi connectivity index (χ0n) is 13.3. The fourth-order valence-corrected chi connectivity index (χ4v) is 5.57. The van der Waals surface area contributed by atoms with Gasteiger partial charge < -0.3 is 0 Å². The largest absolute Gasteiger partial charge is 0.272 e. The van der Waals surface area contributed by atoms with Crippen LogP contribution < -0.4 is 5.43 Å². The number of hydrogen-bond acceptors (Lipinski definition) is 2. The van der Waals surface area contributed by atoms with Crippen molar-refractivity contribution in [1.29, 1.82) is 0 Å². The van der Waals surface area contributed by atoms with Gasteiger partial charge in [0.1, 0.15) is 0 Å². The molecular weight excluding hydrogens is 352 g/mol. The van der Waals surface area contributed by atoms with Gasteiger partial charge in [0.2, 0.25) is 0 Å². The Morgan fingerprint density at radius 1 is 1.04 bits per heavy atom. The Kier molecular flexibility index (Phi) is 4.27. The predicted molar refractivity (Wildman–Crippen MR) is 95.3 cm³/mol. The molecule has 23 heavy (non-hydrogen) atoms. The van der Waals surface area contributed by atoms with E-state index in [1.54, 1.807) is 0 Å². The number of carbonyl (C=O) groups is 1. The van der Waals surface area contributed by atoms with Gasteiger partial charge in [-0.3, -0.25) is 4.79 Å². The standard InChI is InChI=1S/C19H23BrN2O/c20-16-9-5-4-8-15(16)19(23)22-21-17-11-10-14-12-6-2-1-3-7-13(12)18(14)17/h4-5,8-9,12-14,18H,1-3,6-7,10-11H2,(H,22,23)/b21-17+/t12-,13-,14-,18+/m0/s1. The summed E-state index contributed by atoms with van der Waals surface area (Å²) in [5, 5.41) is 4.54. The van der Waals surface area contributed by atoms with Crippen LogP contribution in [-0.2, 0) is 0 Å². The van der Waals surface area contributed by atoms with Crippen LogP contribution in [-0.4, -0.2) is 11.6 Å². The zero-order chi connectivity index (χ0) is 15.8. The summed E-state index contributed by atoms with van der Waals surface area (Å²) in [7, 11) is 0. The van der Waals surface area contributed by atoms with E-state index in [1.807, 2.05) is 24.3 Å². The number of nitrogens with one attached hydrogen (secondary N) is 1. The highest BCUT2D eigenvalue weighted by molar-refractivity contribution is 9.10. The van der Waals surface area contributed by atoms with E-state index in [9.17, 15) is 4.79 Å². The molecule has 0 radical (unpaired) electrons. The number of hydrogen-bond donors (Lipinski definition) is 1. The van der Waals surface area contributed by atoms with Crippen molar-refractivity contribution in [2.75, 3.05) is 0 Å². The van der Waals surface area contributed by atoms with Crippen molar-refractivity contribution in [3.63, 3.8) is 0 Å². The summed E-state index contributed by atoms with van der Waals surface area (Å²) in [6.07, 6.45) is 9.31. The molecule has 1 aromatic carbocycles. The lowest BCUT2D eigenvalue weighted by atomic mass is 9.56. The van der Waals surface area contributed by atoms with Gasteiger partial charge in [-0.1, -0.05) is 31.4 Å². The minimum absolute atomic E-state index is 0.120. The molecule has 3 saturated carbocycles. The van der Waals surface area contributed by atoms with Gasteiger partial charge in [0, 0.05) is 16.1 Å². The molecular formula is C19H23BrN2O. The first-order valence-electron chi connectivity index (χ1n) is 8.87. The number of halogens is 1. The molecule has 3 fully saturated rings. The molecule has 0 unspecified atom stereocenters. The summed E-state index contributed by atoms with van der Waals surface area (Å²) < 4.78 is 0.814. The second kappa shape index (κ2) is 6.39. The maximum absolute atomic E-state index is 12.3. The molecule has 4 rings (SSSR count). The number of nitrogens with zero attached hydrogens (tertiary/aromatic N) is 1. The smallest absolute Gasteiger partial charge is 0.267 e. The number of rotatable bonds is 2. The van der Waals surface area contributed by atoms with Gasteiger partial charge in [0.15, 0.2) is 0 Å². The Bertz CT molecular complexity index is 642. The lowest BCUT2D eigenvalue weighted by molar-refractivity contribution is 0.0280. The Labute approximate surface area is 146 Å². The predicted octanol–water partition coefficient (Wildman–Crippen LogP) is 4.77. The summed E-state index contributed by atoms with van der Waals surface area (Å²) >= 11 is 3.43. The van der Waals surface area contributed by atoms with Crippen molar-refractivity contribution in [1.82, 2.24) is 5.43 Å². The maximum atomic E-state index is 12.3. The molecule has 0 aliphatic heterocycles. The van der Waals surface area contributed by atoms with E-state index in [0.29, 0.717) is 11.5 Å². The van der Waals surface area contributed by atoms with E-state index >= 15 is 0 Å². The highest BCUT2D eigenvalue weighted by Gasteiger charge is 2.54. The van der Waals surface area contributed by atoms with Gasteiger partial charge >= 0.3 is 0 Å². The third kappa shape index (κ3) is 2.75. The van der Waals surface area contributed by atoms with E-state index < -0.39 is 0 Å². The fourth-order valence-electron chi connectivity index (χ4n) is 5.11. The van der Waals surface area contributed by atoms with E-state index in [1.165, 1.54) is 44.2 Å². The third-order valence-electron chi connectivity index (χ3n) is 6.14. The Hall–Kier alpha value is -1.16. The van der Waals surface area contributed by atoms with Crippen molar-refractivity contribution in [2.45, 2.75) is 44.9 Å². The van der Waals surface area contributed by atoms with Gasteiger partial charge in [0.25, 0.3) is 5.91 Å². The average molecular weight is 375 g/mol. The summed E-state index contributed by atoms with van der Waals surface area (Å²) in [6, 6.07) is 7.49.